The molecule has 2 atom stereocenters. The first kappa shape index (κ1) is 80.5. The SMILES string of the molecule is CC(C)(C)[Si](C)(C)O[C@@H](c1ccccc1-c1ccc(Cl)cc1)C1CCN(c2ccc(C(=O)NS(=O)(=O)c3ccc(N[C@H](CCN(CCO[Si](c4ccccc4)(c4ccccc4)C(C)(C)C)CC[Si](c4ccccc4)(c4ccccc4)C(C)(C)C)CSc4ccccc4)c(S(=O)(=O)C(F)(F)F)c3)cc2)CC1. The van der Waals surface area contributed by atoms with Gasteiger partial charge in [0.15, 0.2) is 8.32 Å². The number of rotatable bonds is 29. The van der Waals surface area contributed by atoms with E-state index in [9.17, 15) is 21.6 Å². The summed E-state index contributed by atoms with van der Waals surface area (Å²) in [4.78, 5) is 17.4. The number of sulfonamides is 1. The Morgan fingerprint density at radius 3 is 1.64 bits per heavy atom. The van der Waals surface area contributed by atoms with Gasteiger partial charge in [-0.1, -0.05) is 260 Å². The largest absolute Gasteiger partial charge is 0.501 e. The third-order valence-corrected chi connectivity index (χ3v) is 41.3. The number of nitrogens with zero attached hydrogens (tertiary/aromatic N) is 2. The second-order valence-electron chi connectivity index (χ2n) is 31.1. The molecule has 0 saturated carbocycles. The molecule has 0 bridgehead atoms. The zero-order chi connectivity index (χ0) is 75.6. The summed E-state index contributed by atoms with van der Waals surface area (Å²) in [5.41, 5.74) is -2.24. The molecule has 11 nitrogen and oxygen atoms in total. The van der Waals surface area contributed by atoms with Gasteiger partial charge in [0.2, 0.25) is 0 Å². The molecule has 10 rings (SSSR count). The van der Waals surface area contributed by atoms with Crippen molar-refractivity contribution in [1.29, 1.82) is 0 Å². The highest BCUT2D eigenvalue weighted by molar-refractivity contribution is 7.99. The second-order valence-corrected chi connectivity index (χ2v) is 50.2. The summed E-state index contributed by atoms with van der Waals surface area (Å²) < 4.78 is 119. The minimum atomic E-state index is -6.24. The summed E-state index contributed by atoms with van der Waals surface area (Å²) in [7, 11) is -19.2. The Morgan fingerprint density at radius 2 is 1.12 bits per heavy atom. The highest BCUT2D eigenvalue weighted by atomic mass is 35.5. The number of piperidine rings is 1. The van der Waals surface area contributed by atoms with Crippen molar-refractivity contribution >= 4 is 106 Å². The van der Waals surface area contributed by atoms with Crippen molar-refractivity contribution in [3.63, 3.8) is 0 Å². The fourth-order valence-electron chi connectivity index (χ4n) is 14.6. The van der Waals surface area contributed by atoms with E-state index in [1.165, 1.54) is 34.3 Å². The Hall–Kier alpha value is -7.09. The molecule has 0 aliphatic carbocycles. The molecular weight excluding hydrogens is 1450 g/mol. The topological polar surface area (TPSA) is 134 Å². The van der Waals surface area contributed by atoms with Crippen molar-refractivity contribution in [2.24, 2.45) is 5.92 Å². The number of halogens is 4. The van der Waals surface area contributed by atoms with Gasteiger partial charge in [-0.2, -0.15) is 13.2 Å². The minimum absolute atomic E-state index is 0.0331. The van der Waals surface area contributed by atoms with E-state index in [0.29, 0.717) is 56.8 Å². The van der Waals surface area contributed by atoms with E-state index in [-0.39, 0.29) is 38.5 Å². The van der Waals surface area contributed by atoms with E-state index in [4.69, 9.17) is 20.5 Å². The number of amides is 1. The van der Waals surface area contributed by atoms with Crippen molar-refractivity contribution in [1.82, 2.24) is 9.62 Å². The first-order valence-corrected chi connectivity index (χ1v) is 47.4. The third-order valence-electron chi connectivity index (χ3n) is 21.3. The summed E-state index contributed by atoms with van der Waals surface area (Å²) in [6, 6.07) is 77.3. The van der Waals surface area contributed by atoms with Gasteiger partial charge in [0, 0.05) is 65.7 Å². The van der Waals surface area contributed by atoms with Gasteiger partial charge in [0.25, 0.3) is 34.1 Å². The van der Waals surface area contributed by atoms with Gasteiger partial charge in [0.1, 0.15) is 13.0 Å². The van der Waals surface area contributed by atoms with E-state index in [1.54, 1.807) is 12.1 Å². The summed E-state index contributed by atoms with van der Waals surface area (Å²) >= 11 is 7.79. The highest BCUT2D eigenvalue weighted by Gasteiger charge is 2.52. The number of carbonyl (C=O) groups is 1. The quantitative estimate of drug-likeness (QED) is 0.0343. The molecule has 0 radical (unpaired) electrons. The number of thioether (sulfide) groups is 1. The van der Waals surface area contributed by atoms with Crippen LogP contribution < -0.4 is 35.7 Å². The Labute approximate surface area is 634 Å². The zero-order valence-electron chi connectivity index (χ0n) is 62.1. The van der Waals surface area contributed by atoms with E-state index in [1.807, 2.05) is 89.7 Å². The number of nitrogens with one attached hydrogen (secondary N) is 2. The molecule has 1 aliphatic rings. The molecule has 2 N–H and O–H groups in total. The van der Waals surface area contributed by atoms with Gasteiger partial charge >= 0.3 is 5.51 Å². The van der Waals surface area contributed by atoms with Gasteiger partial charge in [-0.25, -0.2) is 21.6 Å². The average Bonchev–Trinajstić information content (AvgIpc) is 0.758. The van der Waals surface area contributed by atoms with Crippen LogP contribution >= 0.6 is 23.4 Å². The lowest BCUT2D eigenvalue weighted by atomic mass is 9.84. The molecule has 1 heterocycles. The average molecular weight is 1550 g/mol. The normalized spacial score (nSPS) is 14.6. The van der Waals surface area contributed by atoms with Crippen molar-refractivity contribution < 1.29 is 43.7 Å². The molecule has 21 heteroatoms. The molecule has 105 heavy (non-hydrogen) atoms. The van der Waals surface area contributed by atoms with Crippen LogP contribution in [0.2, 0.25) is 39.3 Å². The molecule has 0 aromatic heterocycles. The first-order valence-electron chi connectivity index (χ1n) is 36.1. The van der Waals surface area contributed by atoms with Gasteiger partial charge in [-0.05, 0) is 160 Å². The predicted octanol–water partition coefficient (Wildman–Crippen LogP) is 18.3. The van der Waals surface area contributed by atoms with E-state index in [2.05, 4.69) is 206 Å². The van der Waals surface area contributed by atoms with Gasteiger partial charge in [0.05, 0.1) is 16.7 Å². The Bertz CT molecular complexity index is 4490. The van der Waals surface area contributed by atoms with Gasteiger partial charge < -0.3 is 24.0 Å². The number of alkyl halides is 3. The van der Waals surface area contributed by atoms with Crippen LogP contribution in [0.3, 0.4) is 0 Å². The van der Waals surface area contributed by atoms with E-state index in [0.717, 1.165) is 68.7 Å². The second kappa shape index (κ2) is 33.6. The maximum atomic E-state index is 15.1. The molecule has 1 amide bonds. The molecular formula is C84H100ClF3N4O7S3Si3. The summed E-state index contributed by atoms with van der Waals surface area (Å²) in [6.07, 6.45) is 1.72. The van der Waals surface area contributed by atoms with Gasteiger partial charge in [-0.15, -0.1) is 11.8 Å². The van der Waals surface area contributed by atoms with Crippen LogP contribution in [0.5, 0.6) is 0 Å². The molecule has 0 unspecified atom stereocenters. The molecule has 1 aliphatic heterocycles. The van der Waals surface area contributed by atoms with Crippen LogP contribution in [-0.4, -0.2) is 109 Å². The summed E-state index contributed by atoms with van der Waals surface area (Å²) in [5.74, 6) is -0.608. The van der Waals surface area contributed by atoms with E-state index < -0.39 is 77.5 Å². The fourth-order valence-corrected chi connectivity index (χ4v) is 29.1. The molecule has 556 valence electrons. The monoisotopic (exact) mass is 1550 g/mol. The van der Waals surface area contributed by atoms with Crippen LogP contribution in [0.15, 0.2) is 257 Å². The molecule has 1 fully saturated rings. The summed E-state index contributed by atoms with van der Waals surface area (Å²) in [6.45, 7) is 28.1. The highest BCUT2D eigenvalue weighted by Crippen LogP contribution is 2.47. The minimum Gasteiger partial charge on any atom is -0.410 e. The maximum Gasteiger partial charge on any atom is 0.501 e. The molecule has 1 saturated heterocycles. The van der Waals surface area contributed by atoms with Crippen LogP contribution in [0.1, 0.15) is 104 Å². The van der Waals surface area contributed by atoms with Crippen molar-refractivity contribution in [2.75, 3.05) is 55.3 Å². The number of anilines is 2. The summed E-state index contributed by atoms with van der Waals surface area (Å²) in [5, 5.41) is 8.18. The Morgan fingerprint density at radius 1 is 0.610 bits per heavy atom. The molecule has 9 aromatic rings. The number of hydrogen-bond donors (Lipinski definition) is 2. The number of sulfone groups is 1. The first-order chi connectivity index (χ1) is 49.6. The third kappa shape index (κ3) is 18.7. The lowest BCUT2D eigenvalue weighted by Crippen LogP contribution is -2.67. The molecule has 0 spiro atoms. The fraction of sp³-hybridized carbons (Fsp3) is 0.345. The Balaban J connectivity index is 0.914. The van der Waals surface area contributed by atoms with Crippen molar-refractivity contribution in [3.8, 4) is 11.1 Å². The van der Waals surface area contributed by atoms with Crippen LogP contribution in [0, 0.1) is 5.92 Å². The maximum absolute atomic E-state index is 15.1. The Kier molecular flexibility index (Phi) is 25.7. The standard InChI is InChI=1S/C84H100ClF3N4O7S3Si3/c1-81(2,3)103(10,11)99-79(76-40-28-27-39-75(76)63-41-45-66(85)46-42-63)64-51-55-92(56-52-64)68-47-43-65(44-48-68)80(93)90-102(96,97)70-49-50-77(78(61-70)101(94,95)84(86,87)88)89-67(62-100-69-29-17-12-18-30-69)53-54-91(58-60-104(82(4,5)6,71-31-19-13-20-32-71)72-33-21-14-22-34-72)57-59-98-105(83(7,8)9,73-35-23-15-24-36-73)74-37-25-16-26-38-74/h12-50,61,64,67,79,89H,51-60,62H2,1-11H3,(H,90,93)/t67-,79-/m1/s1. The smallest absolute Gasteiger partial charge is 0.410 e. The number of benzene rings is 9. The lowest BCUT2D eigenvalue weighted by molar-refractivity contribution is -0.0436. The van der Waals surface area contributed by atoms with E-state index >= 15 is 13.2 Å². The predicted molar refractivity (Wildman–Crippen MR) is 435 cm³/mol. The lowest BCUT2D eigenvalue weighted by Gasteiger charge is -2.45. The van der Waals surface area contributed by atoms with Crippen molar-refractivity contribution in [3.05, 3.63) is 259 Å². The van der Waals surface area contributed by atoms with Gasteiger partial charge in [-0.3, -0.25) is 4.79 Å². The van der Waals surface area contributed by atoms with Crippen LogP contribution in [0.4, 0.5) is 24.5 Å². The van der Waals surface area contributed by atoms with Crippen molar-refractivity contribution in [2.45, 2.75) is 148 Å². The number of carbonyl (C=O) groups excluding carboxylic acids is 1. The van der Waals surface area contributed by atoms with Crippen LogP contribution in [0.25, 0.3) is 11.1 Å². The van der Waals surface area contributed by atoms with Crippen LogP contribution in [-0.2, 0) is 28.7 Å². The number of hydrogen-bond acceptors (Lipinski definition) is 11. The molecule has 9 aromatic carbocycles. The zero-order valence-corrected chi connectivity index (χ0v) is 68.3.